The molecule has 1 aliphatic rings. The van der Waals surface area contributed by atoms with Crippen LogP contribution in [-0.4, -0.2) is 17.4 Å². The topological polar surface area (TPSA) is 33.2 Å². The fraction of sp³-hybridized carbons (Fsp3) is 0.250. The lowest BCUT2D eigenvalue weighted by Gasteiger charge is -2.30. The lowest BCUT2D eigenvalue weighted by molar-refractivity contribution is -0.122. The van der Waals surface area contributed by atoms with E-state index in [4.69, 9.17) is 11.6 Å². The molecule has 0 atom stereocenters. The first-order chi connectivity index (χ1) is 6.18. The number of hydrogen-bond acceptors (Lipinski definition) is 2. The molecule has 0 aromatic carbocycles. The summed E-state index contributed by atoms with van der Waals surface area (Å²) in [7, 11) is 0. The molecule has 3 nitrogen and oxygen atoms in total. The van der Waals surface area contributed by atoms with Crippen molar-refractivity contribution in [1.29, 1.82) is 0 Å². The van der Waals surface area contributed by atoms with E-state index in [-0.39, 0.29) is 5.91 Å². The van der Waals surface area contributed by atoms with Crippen molar-refractivity contribution in [1.82, 2.24) is 4.98 Å². The van der Waals surface area contributed by atoms with Gasteiger partial charge >= 0.3 is 0 Å². The highest BCUT2D eigenvalue weighted by Crippen LogP contribution is 2.29. The van der Waals surface area contributed by atoms with E-state index in [9.17, 15) is 4.79 Å². The Bertz CT molecular complexity index is 369. The summed E-state index contributed by atoms with van der Waals surface area (Å²) in [6.07, 6.45) is 2.22. The standard InChI is InChI=1S/C8H6BrClN2O/c9-5-3-6(10)8(11-4-5)12-2-1-7(12)13/h3-4H,1-2H2. The predicted octanol–water partition coefficient (Wildman–Crippen LogP) is 2.23. The molecule has 0 radical (unpaired) electrons. The number of aromatic nitrogens is 1. The molecule has 1 aliphatic heterocycles. The third-order valence-corrected chi connectivity index (χ3v) is 2.61. The average molecular weight is 262 g/mol. The number of pyridine rings is 1. The van der Waals surface area contributed by atoms with Crippen molar-refractivity contribution in [2.45, 2.75) is 6.42 Å². The van der Waals surface area contributed by atoms with Gasteiger partial charge in [-0.3, -0.25) is 9.69 Å². The van der Waals surface area contributed by atoms with Crippen molar-refractivity contribution in [3.8, 4) is 0 Å². The second-order valence-electron chi connectivity index (χ2n) is 2.75. The predicted molar refractivity (Wildman–Crippen MR) is 53.9 cm³/mol. The van der Waals surface area contributed by atoms with Crippen LogP contribution in [0.3, 0.4) is 0 Å². The summed E-state index contributed by atoms with van der Waals surface area (Å²) in [5, 5.41) is 0.502. The van der Waals surface area contributed by atoms with Gasteiger partial charge in [-0.25, -0.2) is 4.98 Å². The first-order valence-electron chi connectivity index (χ1n) is 3.80. The van der Waals surface area contributed by atoms with Gasteiger partial charge in [0, 0.05) is 23.6 Å². The van der Waals surface area contributed by atoms with Crippen LogP contribution < -0.4 is 4.90 Å². The van der Waals surface area contributed by atoms with Crippen LogP contribution >= 0.6 is 27.5 Å². The van der Waals surface area contributed by atoms with Gasteiger partial charge in [0.25, 0.3) is 0 Å². The number of carbonyl (C=O) groups is 1. The maximum atomic E-state index is 11.1. The zero-order valence-electron chi connectivity index (χ0n) is 6.63. The fourth-order valence-electron chi connectivity index (χ4n) is 1.14. The molecule has 0 spiro atoms. The number of anilines is 1. The molecule has 1 aromatic heterocycles. The van der Waals surface area contributed by atoms with Crippen LogP contribution in [0.5, 0.6) is 0 Å². The Balaban J connectivity index is 2.35. The van der Waals surface area contributed by atoms with E-state index >= 15 is 0 Å². The van der Waals surface area contributed by atoms with Crippen molar-refractivity contribution in [3.05, 3.63) is 21.8 Å². The Labute approximate surface area is 88.8 Å². The van der Waals surface area contributed by atoms with Crippen molar-refractivity contribution >= 4 is 39.3 Å². The average Bonchev–Trinajstić information content (AvgIpc) is 2.07. The Morgan fingerprint density at radius 3 is 2.85 bits per heavy atom. The Kier molecular flexibility index (Phi) is 2.26. The van der Waals surface area contributed by atoms with E-state index in [2.05, 4.69) is 20.9 Å². The van der Waals surface area contributed by atoms with Gasteiger partial charge < -0.3 is 0 Å². The number of halogens is 2. The van der Waals surface area contributed by atoms with Crippen molar-refractivity contribution < 1.29 is 4.79 Å². The number of carbonyl (C=O) groups excluding carboxylic acids is 1. The van der Waals surface area contributed by atoms with E-state index in [1.807, 2.05) is 0 Å². The number of rotatable bonds is 1. The van der Waals surface area contributed by atoms with Gasteiger partial charge in [0.15, 0.2) is 5.82 Å². The molecule has 5 heteroatoms. The van der Waals surface area contributed by atoms with E-state index < -0.39 is 0 Å². The second-order valence-corrected chi connectivity index (χ2v) is 4.08. The van der Waals surface area contributed by atoms with Crippen LogP contribution in [0.15, 0.2) is 16.7 Å². The minimum atomic E-state index is 0.0803. The van der Waals surface area contributed by atoms with Crippen LogP contribution in [-0.2, 0) is 4.79 Å². The largest absolute Gasteiger partial charge is 0.295 e. The van der Waals surface area contributed by atoms with E-state index in [0.29, 0.717) is 23.8 Å². The molecule has 1 saturated heterocycles. The molecule has 0 unspecified atom stereocenters. The quantitative estimate of drug-likeness (QED) is 0.726. The first-order valence-corrected chi connectivity index (χ1v) is 4.97. The summed E-state index contributed by atoms with van der Waals surface area (Å²) in [4.78, 5) is 16.7. The SMILES string of the molecule is O=C1CCN1c1ncc(Br)cc1Cl. The third-order valence-electron chi connectivity index (χ3n) is 1.89. The van der Waals surface area contributed by atoms with Crippen LogP contribution in [0.4, 0.5) is 5.82 Å². The third kappa shape index (κ3) is 1.56. The molecule has 68 valence electrons. The minimum absolute atomic E-state index is 0.0803. The minimum Gasteiger partial charge on any atom is -0.295 e. The fourth-order valence-corrected chi connectivity index (χ4v) is 1.88. The van der Waals surface area contributed by atoms with Crippen LogP contribution in [0.2, 0.25) is 5.02 Å². The number of amides is 1. The normalized spacial score (nSPS) is 15.8. The molecule has 13 heavy (non-hydrogen) atoms. The Morgan fingerprint density at radius 2 is 2.38 bits per heavy atom. The smallest absolute Gasteiger partial charge is 0.229 e. The molecule has 1 amide bonds. The summed E-state index contributed by atoms with van der Waals surface area (Å²) in [5.41, 5.74) is 0. The molecule has 0 N–H and O–H groups in total. The zero-order valence-corrected chi connectivity index (χ0v) is 8.97. The first kappa shape index (κ1) is 8.97. The van der Waals surface area contributed by atoms with Crippen molar-refractivity contribution in [3.63, 3.8) is 0 Å². The molecule has 1 fully saturated rings. The Hall–Kier alpha value is -0.610. The molecule has 0 aliphatic carbocycles. The van der Waals surface area contributed by atoms with Crippen LogP contribution in [0.1, 0.15) is 6.42 Å². The zero-order chi connectivity index (χ0) is 9.42. The monoisotopic (exact) mass is 260 g/mol. The highest BCUT2D eigenvalue weighted by molar-refractivity contribution is 9.10. The highest BCUT2D eigenvalue weighted by Gasteiger charge is 2.27. The Morgan fingerprint density at radius 1 is 1.62 bits per heavy atom. The molecule has 0 saturated carbocycles. The molecule has 2 rings (SSSR count). The molecule has 0 bridgehead atoms. The molecular formula is C8H6BrClN2O. The van der Waals surface area contributed by atoms with Gasteiger partial charge in [0.1, 0.15) is 0 Å². The highest BCUT2D eigenvalue weighted by atomic mass is 79.9. The van der Waals surface area contributed by atoms with Crippen molar-refractivity contribution in [2.24, 2.45) is 0 Å². The summed E-state index contributed by atoms with van der Waals surface area (Å²) in [6, 6.07) is 1.73. The number of nitrogens with zero attached hydrogens (tertiary/aromatic N) is 2. The van der Waals surface area contributed by atoms with Gasteiger partial charge in [-0.1, -0.05) is 11.6 Å². The van der Waals surface area contributed by atoms with E-state index in [1.165, 1.54) is 0 Å². The molecule has 1 aromatic rings. The van der Waals surface area contributed by atoms with E-state index in [0.717, 1.165) is 4.47 Å². The summed E-state index contributed by atoms with van der Waals surface area (Å²) >= 11 is 9.17. The summed E-state index contributed by atoms with van der Waals surface area (Å²) in [5.74, 6) is 0.637. The van der Waals surface area contributed by atoms with Gasteiger partial charge in [-0.15, -0.1) is 0 Å². The van der Waals surface area contributed by atoms with Gasteiger partial charge in [-0.05, 0) is 22.0 Å². The van der Waals surface area contributed by atoms with E-state index in [1.54, 1.807) is 17.2 Å². The van der Waals surface area contributed by atoms with Gasteiger partial charge in [0.05, 0.1) is 5.02 Å². The van der Waals surface area contributed by atoms with Gasteiger partial charge in [0.2, 0.25) is 5.91 Å². The summed E-state index contributed by atoms with van der Waals surface area (Å²) in [6.45, 7) is 0.715. The summed E-state index contributed by atoms with van der Waals surface area (Å²) < 4.78 is 0.814. The number of β-lactam (4-membered cyclic amide) rings is 1. The van der Waals surface area contributed by atoms with Gasteiger partial charge in [-0.2, -0.15) is 0 Å². The molecule has 2 heterocycles. The number of hydrogen-bond donors (Lipinski definition) is 0. The van der Waals surface area contributed by atoms with Crippen LogP contribution in [0, 0.1) is 0 Å². The molecular weight excluding hydrogens is 255 g/mol. The second kappa shape index (κ2) is 3.27. The maximum absolute atomic E-state index is 11.1. The maximum Gasteiger partial charge on any atom is 0.229 e. The van der Waals surface area contributed by atoms with Crippen LogP contribution in [0.25, 0.3) is 0 Å². The van der Waals surface area contributed by atoms with Crippen molar-refractivity contribution in [2.75, 3.05) is 11.4 Å². The lowest BCUT2D eigenvalue weighted by Crippen LogP contribution is -2.44. The lowest BCUT2D eigenvalue weighted by atomic mass is 10.2.